The summed E-state index contributed by atoms with van der Waals surface area (Å²) in [7, 11) is 1.38. The Morgan fingerprint density at radius 1 is 1.21 bits per heavy atom. The number of halogens is 4. The third kappa shape index (κ3) is 4.11. The Balaban J connectivity index is 2.80. The van der Waals surface area contributed by atoms with Gasteiger partial charge in [0.2, 0.25) is 11.8 Å². The van der Waals surface area contributed by atoms with Crippen LogP contribution in [0, 0.1) is 6.92 Å². The Labute approximate surface area is 164 Å². The minimum absolute atomic E-state index is 0.141. The highest BCUT2D eigenvalue weighted by atomic mass is 35.5. The smallest absolute Gasteiger partial charge is 0.420 e. The van der Waals surface area contributed by atoms with Gasteiger partial charge in [0.25, 0.3) is 0 Å². The second kappa shape index (κ2) is 7.42. The zero-order chi connectivity index (χ0) is 21.4. The maximum Gasteiger partial charge on any atom is 0.420 e. The van der Waals surface area contributed by atoms with Gasteiger partial charge in [-0.3, -0.25) is 0 Å². The molecular weight excluding hydrogens is 401 g/mol. The van der Waals surface area contributed by atoms with E-state index in [-0.39, 0.29) is 11.6 Å². The third-order valence-electron chi connectivity index (χ3n) is 3.79. The van der Waals surface area contributed by atoms with Gasteiger partial charge in [0.05, 0.1) is 12.8 Å². The molecule has 0 aliphatic carbocycles. The molecule has 2 aromatic heterocycles. The molecule has 0 saturated carbocycles. The quantitative estimate of drug-likeness (QED) is 0.707. The van der Waals surface area contributed by atoms with E-state index in [9.17, 15) is 23.1 Å². The van der Waals surface area contributed by atoms with Crippen LogP contribution in [0.2, 0.25) is 5.15 Å². The largest absolute Gasteiger partial charge is 0.481 e. The molecule has 28 heavy (non-hydrogen) atoms. The first kappa shape index (κ1) is 21.7. The fourth-order valence-electron chi connectivity index (χ4n) is 2.63. The second-order valence-electron chi connectivity index (χ2n) is 6.91. The van der Waals surface area contributed by atoms with Crippen molar-refractivity contribution in [3.63, 3.8) is 0 Å². The van der Waals surface area contributed by atoms with Crippen molar-refractivity contribution in [2.75, 3.05) is 12.0 Å². The standard InChI is InChI=1S/C17H18ClF3N4O3/c1-8-6-22-13(28-5)10(16(2,3)4)11(8)25(15(26)27)14-23-7-9(12(18)24-14)17(19,20)21/h6-7H,1-5H3,(H,26,27). The number of nitrogens with zero attached hydrogens (tertiary/aromatic N) is 4. The van der Waals surface area contributed by atoms with Crippen LogP contribution in [0.3, 0.4) is 0 Å². The summed E-state index contributed by atoms with van der Waals surface area (Å²) in [6.45, 7) is 7.06. The van der Waals surface area contributed by atoms with E-state index in [4.69, 9.17) is 16.3 Å². The summed E-state index contributed by atoms with van der Waals surface area (Å²) >= 11 is 5.65. The first-order valence-electron chi connectivity index (χ1n) is 7.96. The monoisotopic (exact) mass is 418 g/mol. The van der Waals surface area contributed by atoms with Crippen molar-refractivity contribution in [2.24, 2.45) is 0 Å². The molecule has 1 amide bonds. The van der Waals surface area contributed by atoms with Crippen molar-refractivity contribution < 1.29 is 27.8 Å². The average molecular weight is 419 g/mol. The topological polar surface area (TPSA) is 88.4 Å². The molecule has 1 N–H and O–H groups in total. The van der Waals surface area contributed by atoms with Gasteiger partial charge in [-0.15, -0.1) is 0 Å². The molecule has 11 heteroatoms. The van der Waals surface area contributed by atoms with Gasteiger partial charge in [0, 0.05) is 18.0 Å². The molecule has 152 valence electrons. The maximum absolute atomic E-state index is 12.9. The second-order valence-corrected chi connectivity index (χ2v) is 7.27. The first-order valence-corrected chi connectivity index (χ1v) is 8.33. The number of hydrogen-bond donors (Lipinski definition) is 1. The Morgan fingerprint density at radius 3 is 2.25 bits per heavy atom. The summed E-state index contributed by atoms with van der Waals surface area (Å²) < 4.78 is 44.1. The lowest BCUT2D eigenvalue weighted by atomic mass is 9.85. The van der Waals surface area contributed by atoms with Crippen LogP contribution in [0.5, 0.6) is 5.88 Å². The van der Waals surface area contributed by atoms with Crippen LogP contribution < -0.4 is 9.64 Å². The number of carbonyl (C=O) groups is 1. The van der Waals surface area contributed by atoms with Gasteiger partial charge < -0.3 is 9.84 Å². The Kier molecular flexibility index (Phi) is 5.74. The third-order valence-corrected chi connectivity index (χ3v) is 4.08. The van der Waals surface area contributed by atoms with Gasteiger partial charge in [-0.1, -0.05) is 32.4 Å². The van der Waals surface area contributed by atoms with E-state index < -0.39 is 34.3 Å². The summed E-state index contributed by atoms with van der Waals surface area (Å²) in [5, 5.41) is 8.89. The van der Waals surface area contributed by atoms with E-state index in [0.29, 0.717) is 22.2 Å². The lowest BCUT2D eigenvalue weighted by Crippen LogP contribution is -2.30. The number of rotatable bonds is 3. The molecule has 0 radical (unpaired) electrons. The summed E-state index contributed by atoms with van der Waals surface area (Å²) in [5.41, 5.74) is -0.876. The number of aryl methyl sites for hydroxylation is 1. The van der Waals surface area contributed by atoms with Gasteiger partial charge in [0.1, 0.15) is 10.7 Å². The Bertz CT molecular complexity index is 914. The van der Waals surface area contributed by atoms with Gasteiger partial charge in [-0.05, 0) is 17.9 Å². The summed E-state index contributed by atoms with van der Waals surface area (Å²) in [6.07, 6.45) is -4.43. The zero-order valence-corrected chi connectivity index (χ0v) is 16.5. The molecule has 2 rings (SSSR count). The van der Waals surface area contributed by atoms with E-state index in [0.717, 1.165) is 0 Å². The van der Waals surface area contributed by atoms with Crippen molar-refractivity contribution in [1.82, 2.24) is 15.0 Å². The molecule has 0 aliphatic rings. The summed E-state index contributed by atoms with van der Waals surface area (Å²) in [6, 6.07) is 0. The predicted molar refractivity (Wildman–Crippen MR) is 96.4 cm³/mol. The highest BCUT2D eigenvalue weighted by Gasteiger charge is 2.37. The molecule has 0 atom stereocenters. The lowest BCUT2D eigenvalue weighted by Gasteiger charge is -2.29. The molecule has 0 bridgehead atoms. The van der Waals surface area contributed by atoms with Crippen molar-refractivity contribution in [1.29, 1.82) is 0 Å². The van der Waals surface area contributed by atoms with Crippen LogP contribution in [0.1, 0.15) is 37.5 Å². The van der Waals surface area contributed by atoms with Crippen molar-refractivity contribution >= 4 is 29.3 Å². The first-order chi connectivity index (χ1) is 12.8. The molecule has 0 spiro atoms. The molecule has 0 saturated heterocycles. The molecule has 0 unspecified atom stereocenters. The molecule has 7 nitrogen and oxygen atoms in total. The fourth-order valence-corrected chi connectivity index (χ4v) is 2.86. The van der Waals surface area contributed by atoms with Crippen molar-refractivity contribution in [3.05, 3.63) is 34.2 Å². The normalized spacial score (nSPS) is 12.0. The van der Waals surface area contributed by atoms with Crippen LogP contribution in [0.15, 0.2) is 12.4 Å². The van der Waals surface area contributed by atoms with Gasteiger partial charge in [-0.25, -0.2) is 19.7 Å². The number of hydrogen-bond acceptors (Lipinski definition) is 5. The van der Waals surface area contributed by atoms with Crippen LogP contribution in [0.4, 0.5) is 29.6 Å². The Morgan fingerprint density at radius 2 is 1.82 bits per heavy atom. The van der Waals surface area contributed by atoms with E-state index >= 15 is 0 Å². The van der Waals surface area contributed by atoms with Gasteiger partial charge in [0.15, 0.2) is 0 Å². The van der Waals surface area contributed by atoms with E-state index in [2.05, 4.69) is 15.0 Å². The zero-order valence-electron chi connectivity index (χ0n) is 15.7. The molecule has 0 aliphatic heterocycles. The van der Waals surface area contributed by atoms with E-state index in [1.165, 1.54) is 13.3 Å². The van der Waals surface area contributed by atoms with E-state index in [1.54, 1.807) is 6.92 Å². The lowest BCUT2D eigenvalue weighted by molar-refractivity contribution is -0.137. The highest BCUT2D eigenvalue weighted by Crippen LogP contribution is 2.42. The molecule has 2 heterocycles. The number of amides is 1. The van der Waals surface area contributed by atoms with Crippen molar-refractivity contribution in [2.45, 2.75) is 39.3 Å². The summed E-state index contributed by atoms with van der Waals surface area (Å²) in [4.78, 5) is 24.1. The minimum Gasteiger partial charge on any atom is -0.481 e. The Hall–Kier alpha value is -2.62. The molecule has 2 aromatic rings. The molecule has 0 aromatic carbocycles. The molecular formula is C17H18ClF3N4O3. The number of alkyl halides is 3. The van der Waals surface area contributed by atoms with Crippen LogP contribution >= 0.6 is 11.6 Å². The van der Waals surface area contributed by atoms with Crippen LogP contribution in [0.25, 0.3) is 0 Å². The SMILES string of the molecule is COc1ncc(C)c(N(C(=O)O)c2ncc(C(F)(F)F)c(Cl)n2)c1C(C)(C)C. The number of methoxy groups -OCH3 is 1. The van der Waals surface area contributed by atoms with Crippen LogP contribution in [-0.2, 0) is 11.6 Å². The van der Waals surface area contributed by atoms with Gasteiger partial charge in [-0.2, -0.15) is 18.2 Å². The number of anilines is 2. The fraction of sp³-hybridized carbons (Fsp3) is 0.412. The summed E-state index contributed by atoms with van der Waals surface area (Å²) in [5.74, 6) is -0.343. The molecule has 0 fully saturated rings. The average Bonchev–Trinajstić information content (AvgIpc) is 2.54. The predicted octanol–water partition coefficient (Wildman–Crippen LogP) is 4.97. The van der Waals surface area contributed by atoms with Crippen LogP contribution in [-0.4, -0.2) is 33.3 Å². The maximum atomic E-state index is 12.9. The number of carboxylic acid groups (broad SMARTS) is 1. The van der Waals surface area contributed by atoms with Gasteiger partial charge >= 0.3 is 12.3 Å². The van der Waals surface area contributed by atoms with Crippen molar-refractivity contribution in [3.8, 4) is 5.88 Å². The number of aromatic nitrogens is 3. The number of pyridine rings is 1. The minimum atomic E-state index is -4.77. The van der Waals surface area contributed by atoms with E-state index in [1.807, 2.05) is 20.8 Å². The number of ether oxygens (including phenoxy) is 1. The highest BCUT2D eigenvalue weighted by molar-refractivity contribution is 6.30.